The van der Waals surface area contributed by atoms with Gasteiger partial charge in [-0.2, -0.15) is 13.2 Å². The Morgan fingerprint density at radius 2 is 2.00 bits per heavy atom. The SMILES string of the molecule is NCc1ncc(-c2cc(C(F)(F)F)ccc2F)o1. The van der Waals surface area contributed by atoms with Gasteiger partial charge in [-0.25, -0.2) is 9.37 Å². The third-order valence-electron chi connectivity index (χ3n) is 2.29. The second kappa shape index (κ2) is 4.41. The number of hydrogen-bond donors (Lipinski definition) is 1. The molecule has 0 fully saturated rings. The Balaban J connectivity index is 2.49. The second-order valence-corrected chi connectivity index (χ2v) is 3.51. The standard InChI is InChI=1S/C11H8F4N2O/c12-8-2-1-6(11(13,14)15)3-7(8)9-5-17-10(4-16)18-9/h1-3,5H,4,16H2. The largest absolute Gasteiger partial charge is 0.439 e. The first-order valence-electron chi connectivity index (χ1n) is 4.93. The lowest BCUT2D eigenvalue weighted by Gasteiger charge is -2.08. The maximum absolute atomic E-state index is 13.5. The van der Waals surface area contributed by atoms with Crippen molar-refractivity contribution in [1.29, 1.82) is 0 Å². The molecule has 0 radical (unpaired) electrons. The lowest BCUT2D eigenvalue weighted by molar-refractivity contribution is -0.137. The van der Waals surface area contributed by atoms with E-state index in [1.165, 1.54) is 0 Å². The van der Waals surface area contributed by atoms with Gasteiger partial charge < -0.3 is 10.2 Å². The van der Waals surface area contributed by atoms with E-state index in [0.29, 0.717) is 12.1 Å². The normalized spacial score (nSPS) is 11.8. The highest BCUT2D eigenvalue weighted by molar-refractivity contribution is 5.58. The molecule has 0 spiro atoms. The van der Waals surface area contributed by atoms with Crippen LogP contribution < -0.4 is 5.73 Å². The molecule has 0 bridgehead atoms. The van der Waals surface area contributed by atoms with E-state index in [1.54, 1.807) is 0 Å². The summed E-state index contributed by atoms with van der Waals surface area (Å²) in [5.41, 5.74) is 4.00. The van der Waals surface area contributed by atoms with E-state index >= 15 is 0 Å². The topological polar surface area (TPSA) is 52.0 Å². The fraction of sp³-hybridized carbons (Fsp3) is 0.182. The number of aromatic nitrogens is 1. The highest BCUT2D eigenvalue weighted by Crippen LogP contribution is 2.33. The number of alkyl halides is 3. The van der Waals surface area contributed by atoms with Gasteiger partial charge in [-0.15, -0.1) is 0 Å². The van der Waals surface area contributed by atoms with Gasteiger partial charge in [0.2, 0.25) is 5.89 Å². The predicted molar refractivity (Wildman–Crippen MR) is 54.8 cm³/mol. The Bertz CT molecular complexity index is 562. The van der Waals surface area contributed by atoms with Crippen LogP contribution in [0.25, 0.3) is 11.3 Å². The van der Waals surface area contributed by atoms with Crippen LogP contribution in [0.3, 0.4) is 0 Å². The van der Waals surface area contributed by atoms with Gasteiger partial charge in [0.25, 0.3) is 0 Å². The summed E-state index contributed by atoms with van der Waals surface area (Å²) in [6.45, 7) is -0.0133. The van der Waals surface area contributed by atoms with E-state index in [1.807, 2.05) is 0 Å². The van der Waals surface area contributed by atoms with Crippen molar-refractivity contribution in [1.82, 2.24) is 4.98 Å². The van der Waals surface area contributed by atoms with Crippen molar-refractivity contribution in [2.75, 3.05) is 0 Å². The van der Waals surface area contributed by atoms with Gasteiger partial charge >= 0.3 is 6.18 Å². The van der Waals surface area contributed by atoms with E-state index in [4.69, 9.17) is 10.2 Å². The second-order valence-electron chi connectivity index (χ2n) is 3.51. The molecule has 0 unspecified atom stereocenters. The summed E-state index contributed by atoms with van der Waals surface area (Å²) in [5, 5.41) is 0. The number of halogens is 4. The van der Waals surface area contributed by atoms with Crippen molar-refractivity contribution >= 4 is 0 Å². The molecule has 7 heteroatoms. The average Bonchev–Trinajstić information content (AvgIpc) is 2.76. The summed E-state index contributed by atoms with van der Waals surface area (Å²) in [4.78, 5) is 3.70. The Morgan fingerprint density at radius 3 is 2.56 bits per heavy atom. The van der Waals surface area contributed by atoms with E-state index < -0.39 is 17.6 Å². The van der Waals surface area contributed by atoms with Crippen LogP contribution in [0.1, 0.15) is 11.5 Å². The van der Waals surface area contributed by atoms with Crippen LogP contribution in [-0.2, 0) is 12.7 Å². The van der Waals surface area contributed by atoms with Crippen molar-refractivity contribution in [2.24, 2.45) is 5.73 Å². The summed E-state index contributed by atoms with van der Waals surface area (Å²) in [7, 11) is 0. The fourth-order valence-electron chi connectivity index (χ4n) is 1.42. The van der Waals surface area contributed by atoms with Crippen molar-refractivity contribution in [3.8, 4) is 11.3 Å². The Labute approximate surface area is 99.2 Å². The van der Waals surface area contributed by atoms with E-state index in [2.05, 4.69) is 4.98 Å². The molecule has 2 rings (SSSR count). The molecular weight excluding hydrogens is 252 g/mol. The van der Waals surface area contributed by atoms with Crippen LogP contribution >= 0.6 is 0 Å². The van der Waals surface area contributed by atoms with Gasteiger partial charge in [0.1, 0.15) is 5.82 Å². The number of hydrogen-bond acceptors (Lipinski definition) is 3. The summed E-state index contributed by atoms with van der Waals surface area (Å²) in [6.07, 6.45) is -3.40. The lowest BCUT2D eigenvalue weighted by atomic mass is 10.1. The molecule has 2 aromatic rings. The lowest BCUT2D eigenvalue weighted by Crippen LogP contribution is -2.05. The molecule has 0 saturated heterocycles. The summed E-state index contributed by atoms with van der Waals surface area (Å²) in [6, 6.07) is 2.08. The minimum Gasteiger partial charge on any atom is -0.439 e. The molecule has 2 N–H and O–H groups in total. The minimum absolute atomic E-state index is 0.0133. The van der Waals surface area contributed by atoms with Gasteiger partial charge in [0.15, 0.2) is 5.76 Å². The average molecular weight is 260 g/mol. The molecule has 1 aromatic carbocycles. The Kier molecular flexibility index (Phi) is 3.08. The highest BCUT2D eigenvalue weighted by atomic mass is 19.4. The first kappa shape index (κ1) is 12.6. The first-order valence-corrected chi connectivity index (χ1v) is 4.93. The highest BCUT2D eigenvalue weighted by Gasteiger charge is 2.31. The van der Waals surface area contributed by atoms with Gasteiger partial charge in [0, 0.05) is 0 Å². The number of benzene rings is 1. The van der Waals surface area contributed by atoms with Gasteiger partial charge in [0.05, 0.1) is 23.9 Å². The number of nitrogens with two attached hydrogens (primary N) is 1. The molecule has 96 valence electrons. The van der Waals surface area contributed by atoms with Crippen molar-refractivity contribution in [2.45, 2.75) is 12.7 Å². The maximum Gasteiger partial charge on any atom is 0.416 e. The van der Waals surface area contributed by atoms with Gasteiger partial charge in [-0.3, -0.25) is 0 Å². The summed E-state index contributed by atoms with van der Waals surface area (Å²) >= 11 is 0. The van der Waals surface area contributed by atoms with Gasteiger partial charge in [-0.1, -0.05) is 0 Å². The van der Waals surface area contributed by atoms with Gasteiger partial charge in [-0.05, 0) is 18.2 Å². The predicted octanol–water partition coefficient (Wildman–Crippen LogP) is 2.96. The van der Waals surface area contributed by atoms with E-state index in [0.717, 1.165) is 12.3 Å². The number of nitrogens with zero attached hydrogens (tertiary/aromatic N) is 1. The van der Waals surface area contributed by atoms with Crippen LogP contribution in [0, 0.1) is 5.82 Å². The van der Waals surface area contributed by atoms with Crippen molar-refractivity contribution in [3.63, 3.8) is 0 Å². The summed E-state index contributed by atoms with van der Waals surface area (Å²) in [5.74, 6) is -0.774. The third-order valence-corrected chi connectivity index (χ3v) is 2.29. The fourth-order valence-corrected chi connectivity index (χ4v) is 1.42. The molecule has 1 aromatic heterocycles. The zero-order valence-electron chi connectivity index (χ0n) is 8.96. The molecule has 0 aliphatic rings. The summed E-state index contributed by atoms with van der Waals surface area (Å²) < 4.78 is 56.0. The molecule has 18 heavy (non-hydrogen) atoms. The molecule has 0 saturated carbocycles. The molecule has 1 heterocycles. The monoisotopic (exact) mass is 260 g/mol. The molecular formula is C11H8F4N2O. The minimum atomic E-state index is -4.54. The van der Waals surface area contributed by atoms with E-state index in [9.17, 15) is 17.6 Å². The van der Waals surface area contributed by atoms with Crippen LogP contribution in [0.5, 0.6) is 0 Å². The van der Waals surface area contributed by atoms with Crippen molar-refractivity contribution in [3.05, 3.63) is 41.7 Å². The van der Waals surface area contributed by atoms with Crippen LogP contribution in [0.15, 0.2) is 28.8 Å². The molecule has 3 nitrogen and oxygen atoms in total. The van der Waals surface area contributed by atoms with E-state index in [-0.39, 0.29) is 23.8 Å². The van der Waals surface area contributed by atoms with Crippen LogP contribution in [0.2, 0.25) is 0 Å². The molecule has 0 aliphatic carbocycles. The zero-order valence-corrected chi connectivity index (χ0v) is 8.96. The molecule has 0 amide bonds. The molecule has 0 atom stereocenters. The maximum atomic E-state index is 13.5. The number of oxazole rings is 1. The smallest absolute Gasteiger partial charge is 0.416 e. The van der Waals surface area contributed by atoms with Crippen molar-refractivity contribution < 1.29 is 22.0 Å². The van der Waals surface area contributed by atoms with Crippen LogP contribution in [-0.4, -0.2) is 4.98 Å². The quantitative estimate of drug-likeness (QED) is 0.844. The Hall–Kier alpha value is -1.89. The van der Waals surface area contributed by atoms with Crippen LogP contribution in [0.4, 0.5) is 17.6 Å². The zero-order chi connectivity index (χ0) is 13.3. The third kappa shape index (κ3) is 2.35. The first-order chi connectivity index (χ1) is 8.41. The molecule has 0 aliphatic heterocycles. The Morgan fingerprint density at radius 1 is 1.28 bits per heavy atom. The number of rotatable bonds is 2.